The molecule has 1 N–H and O–H groups in total. The van der Waals surface area contributed by atoms with Crippen LogP contribution in [0.2, 0.25) is 0 Å². The maximum Gasteiger partial charge on any atom is 0.343 e. The zero-order chi connectivity index (χ0) is 23.5. The third-order valence-corrected chi connectivity index (χ3v) is 5.88. The zero-order valence-electron chi connectivity index (χ0n) is 16.7. The number of ether oxygens (including phenoxy) is 1. The van der Waals surface area contributed by atoms with Crippen LogP contribution in [-0.4, -0.2) is 23.8 Å². The molecule has 0 aliphatic carbocycles. The standard InChI is InChI=1S/C24H14BrIN2O5/c25-16-6-11-20(33-23(31)14-4-2-1-3-5-14)15(12-16)13-19-21(29)27-24(32)28(22(19)30)18-9-7-17(26)8-10-18/h1-13H,(H,27,29,32)/b19-13-. The Morgan fingerprint density at radius 2 is 1.67 bits per heavy atom. The molecular weight excluding hydrogens is 603 g/mol. The molecule has 0 unspecified atom stereocenters. The van der Waals surface area contributed by atoms with Crippen molar-refractivity contribution in [1.29, 1.82) is 0 Å². The van der Waals surface area contributed by atoms with Gasteiger partial charge in [-0.25, -0.2) is 14.5 Å². The fourth-order valence-corrected chi connectivity index (χ4v) is 3.83. The number of rotatable bonds is 4. The Morgan fingerprint density at radius 3 is 2.36 bits per heavy atom. The Balaban J connectivity index is 1.71. The van der Waals surface area contributed by atoms with E-state index in [1.165, 1.54) is 6.08 Å². The summed E-state index contributed by atoms with van der Waals surface area (Å²) >= 11 is 5.45. The van der Waals surface area contributed by atoms with Gasteiger partial charge in [0.1, 0.15) is 11.3 Å². The normalized spacial score (nSPS) is 14.9. The van der Waals surface area contributed by atoms with E-state index in [0.29, 0.717) is 21.3 Å². The summed E-state index contributed by atoms with van der Waals surface area (Å²) < 4.78 is 7.08. The maximum atomic E-state index is 13.1. The van der Waals surface area contributed by atoms with Crippen LogP contribution in [0.3, 0.4) is 0 Å². The highest BCUT2D eigenvalue weighted by Gasteiger charge is 2.37. The van der Waals surface area contributed by atoms with Gasteiger partial charge in [-0.2, -0.15) is 0 Å². The van der Waals surface area contributed by atoms with E-state index in [1.807, 2.05) is 0 Å². The minimum atomic E-state index is -0.841. The van der Waals surface area contributed by atoms with Gasteiger partial charge in [0.05, 0.1) is 11.3 Å². The summed E-state index contributed by atoms with van der Waals surface area (Å²) in [6.45, 7) is 0. The largest absolute Gasteiger partial charge is 0.422 e. The minimum Gasteiger partial charge on any atom is -0.422 e. The van der Waals surface area contributed by atoms with Gasteiger partial charge in [0.2, 0.25) is 0 Å². The first-order valence-electron chi connectivity index (χ1n) is 9.57. The van der Waals surface area contributed by atoms with Crippen LogP contribution < -0.4 is 15.0 Å². The highest BCUT2D eigenvalue weighted by atomic mass is 127. The average molecular weight is 617 g/mol. The molecule has 3 aromatic rings. The van der Waals surface area contributed by atoms with Crippen molar-refractivity contribution < 1.29 is 23.9 Å². The van der Waals surface area contributed by atoms with Gasteiger partial charge in [0.25, 0.3) is 11.8 Å². The van der Waals surface area contributed by atoms with Crippen molar-refractivity contribution in [2.24, 2.45) is 0 Å². The Morgan fingerprint density at radius 1 is 0.970 bits per heavy atom. The van der Waals surface area contributed by atoms with E-state index < -0.39 is 23.8 Å². The number of hydrogen-bond acceptors (Lipinski definition) is 5. The fourth-order valence-electron chi connectivity index (χ4n) is 3.10. The fraction of sp³-hybridized carbons (Fsp3) is 0. The number of carbonyl (C=O) groups is 4. The summed E-state index contributed by atoms with van der Waals surface area (Å²) in [5.41, 5.74) is 0.703. The third-order valence-electron chi connectivity index (χ3n) is 4.67. The number of nitrogens with one attached hydrogen (secondary N) is 1. The van der Waals surface area contributed by atoms with E-state index in [9.17, 15) is 19.2 Å². The first-order chi connectivity index (χ1) is 15.8. The topological polar surface area (TPSA) is 92.8 Å². The number of barbiturate groups is 1. The molecule has 1 heterocycles. The predicted molar refractivity (Wildman–Crippen MR) is 134 cm³/mol. The first kappa shape index (κ1) is 22.9. The molecule has 4 rings (SSSR count). The summed E-state index contributed by atoms with van der Waals surface area (Å²) in [5.74, 6) is -2.07. The van der Waals surface area contributed by atoms with Crippen molar-refractivity contribution >= 4 is 74.1 Å². The summed E-state index contributed by atoms with van der Waals surface area (Å²) in [6.07, 6.45) is 1.29. The number of anilines is 1. The van der Waals surface area contributed by atoms with Crippen LogP contribution in [0.25, 0.3) is 6.08 Å². The van der Waals surface area contributed by atoms with E-state index in [1.54, 1.807) is 72.8 Å². The van der Waals surface area contributed by atoms with E-state index in [0.717, 1.165) is 8.47 Å². The number of amides is 4. The lowest BCUT2D eigenvalue weighted by Gasteiger charge is -2.26. The second kappa shape index (κ2) is 9.67. The lowest BCUT2D eigenvalue weighted by Crippen LogP contribution is -2.54. The molecule has 1 fully saturated rings. The summed E-state index contributed by atoms with van der Waals surface area (Å²) in [4.78, 5) is 51.5. The molecule has 1 aliphatic rings. The van der Waals surface area contributed by atoms with E-state index in [2.05, 4.69) is 43.8 Å². The lowest BCUT2D eigenvalue weighted by molar-refractivity contribution is -0.122. The molecule has 1 saturated heterocycles. The molecule has 9 heteroatoms. The number of nitrogens with zero attached hydrogens (tertiary/aromatic N) is 1. The van der Waals surface area contributed by atoms with Crippen LogP contribution in [0.1, 0.15) is 15.9 Å². The lowest BCUT2D eigenvalue weighted by atomic mass is 10.1. The van der Waals surface area contributed by atoms with Crippen molar-refractivity contribution in [2.75, 3.05) is 4.90 Å². The number of halogens is 2. The van der Waals surface area contributed by atoms with Crippen molar-refractivity contribution in [3.63, 3.8) is 0 Å². The van der Waals surface area contributed by atoms with Crippen LogP contribution in [0.5, 0.6) is 5.75 Å². The molecule has 3 aromatic carbocycles. The Labute approximate surface area is 210 Å². The molecule has 1 aliphatic heterocycles. The molecule has 4 amide bonds. The highest BCUT2D eigenvalue weighted by molar-refractivity contribution is 14.1. The molecule has 0 saturated carbocycles. The van der Waals surface area contributed by atoms with Gasteiger partial charge in [0, 0.05) is 13.6 Å². The minimum absolute atomic E-state index is 0.151. The molecular formula is C24H14BrIN2O5. The van der Waals surface area contributed by atoms with E-state index in [4.69, 9.17) is 4.74 Å². The number of carbonyl (C=O) groups excluding carboxylic acids is 4. The number of urea groups is 1. The third kappa shape index (κ3) is 5.04. The second-order valence-corrected chi connectivity index (χ2v) is 9.03. The SMILES string of the molecule is O=C1NC(=O)N(c2ccc(I)cc2)C(=O)/C1=C\c1cc(Br)ccc1OC(=O)c1ccccc1. The van der Waals surface area contributed by atoms with Crippen molar-refractivity contribution in [3.8, 4) is 5.75 Å². The van der Waals surface area contributed by atoms with Crippen LogP contribution in [-0.2, 0) is 9.59 Å². The van der Waals surface area contributed by atoms with Gasteiger partial charge in [0.15, 0.2) is 0 Å². The van der Waals surface area contributed by atoms with Crippen molar-refractivity contribution in [1.82, 2.24) is 5.32 Å². The molecule has 0 radical (unpaired) electrons. The van der Waals surface area contributed by atoms with E-state index >= 15 is 0 Å². The van der Waals surface area contributed by atoms with Gasteiger partial charge in [-0.3, -0.25) is 14.9 Å². The number of hydrogen-bond donors (Lipinski definition) is 1. The summed E-state index contributed by atoms with van der Waals surface area (Å²) in [7, 11) is 0. The molecule has 0 spiro atoms. The molecule has 164 valence electrons. The Bertz CT molecular complexity index is 1310. The highest BCUT2D eigenvalue weighted by Crippen LogP contribution is 2.29. The van der Waals surface area contributed by atoms with Crippen LogP contribution in [0, 0.1) is 3.57 Å². The molecule has 0 aromatic heterocycles. The smallest absolute Gasteiger partial charge is 0.343 e. The summed E-state index contributed by atoms with van der Waals surface area (Å²) in [6, 6.07) is 19.1. The van der Waals surface area contributed by atoms with Gasteiger partial charge < -0.3 is 4.74 Å². The number of benzene rings is 3. The molecule has 0 bridgehead atoms. The first-order valence-corrected chi connectivity index (χ1v) is 11.4. The van der Waals surface area contributed by atoms with Crippen molar-refractivity contribution in [2.45, 2.75) is 0 Å². The van der Waals surface area contributed by atoms with Crippen molar-refractivity contribution in [3.05, 3.63) is 97.5 Å². The van der Waals surface area contributed by atoms with Gasteiger partial charge in [-0.1, -0.05) is 34.1 Å². The monoisotopic (exact) mass is 616 g/mol. The molecule has 7 nitrogen and oxygen atoms in total. The molecule has 33 heavy (non-hydrogen) atoms. The molecule has 0 atom stereocenters. The zero-order valence-corrected chi connectivity index (χ0v) is 20.5. The summed E-state index contributed by atoms with van der Waals surface area (Å²) in [5, 5.41) is 2.18. The van der Waals surface area contributed by atoms with Crippen LogP contribution >= 0.6 is 38.5 Å². The van der Waals surface area contributed by atoms with Gasteiger partial charge in [-0.05, 0) is 83.3 Å². The van der Waals surface area contributed by atoms with Gasteiger partial charge >= 0.3 is 12.0 Å². The number of imide groups is 2. The van der Waals surface area contributed by atoms with Crippen LogP contribution in [0.4, 0.5) is 10.5 Å². The second-order valence-electron chi connectivity index (χ2n) is 6.87. The maximum absolute atomic E-state index is 13.1. The Kier molecular flexibility index (Phi) is 6.70. The quantitative estimate of drug-likeness (QED) is 0.147. The Hall–Kier alpha value is -3.31. The van der Waals surface area contributed by atoms with Gasteiger partial charge in [-0.15, -0.1) is 0 Å². The average Bonchev–Trinajstić information content (AvgIpc) is 2.80. The van der Waals surface area contributed by atoms with Crippen LogP contribution in [0.15, 0.2) is 82.8 Å². The predicted octanol–water partition coefficient (Wildman–Crippen LogP) is 4.94. The van der Waals surface area contributed by atoms with E-state index in [-0.39, 0.29) is 11.3 Å². The number of esters is 1.